The predicted octanol–water partition coefficient (Wildman–Crippen LogP) is 3.25. The summed E-state index contributed by atoms with van der Waals surface area (Å²) < 4.78 is 0. The van der Waals surface area contributed by atoms with Crippen LogP contribution in [0.15, 0.2) is 30.5 Å². The number of hydrogen-bond donors (Lipinski definition) is 1. The van der Waals surface area contributed by atoms with Gasteiger partial charge < -0.3 is 14.8 Å². The first-order valence-corrected chi connectivity index (χ1v) is 7.64. The van der Waals surface area contributed by atoms with Gasteiger partial charge in [-0.2, -0.15) is 0 Å². The average molecular weight is 287 g/mol. The zero-order valence-electron chi connectivity index (χ0n) is 13.2. The van der Waals surface area contributed by atoms with Gasteiger partial charge in [-0.3, -0.25) is 4.79 Å². The van der Waals surface area contributed by atoms with Crippen LogP contribution < -0.4 is 4.90 Å². The SMILES string of the molecule is CCCC(=O)N(CCCN(C)C)c1ccc2[nH]ccc2c1. The number of hydrogen-bond acceptors (Lipinski definition) is 2. The van der Waals surface area contributed by atoms with Gasteiger partial charge in [0, 0.05) is 35.8 Å². The molecule has 2 aromatic rings. The van der Waals surface area contributed by atoms with Gasteiger partial charge in [-0.15, -0.1) is 0 Å². The summed E-state index contributed by atoms with van der Waals surface area (Å²) in [4.78, 5) is 19.7. The molecule has 0 saturated heterocycles. The molecule has 0 unspecified atom stereocenters. The van der Waals surface area contributed by atoms with Gasteiger partial charge in [-0.25, -0.2) is 0 Å². The Hall–Kier alpha value is -1.81. The van der Waals surface area contributed by atoms with E-state index < -0.39 is 0 Å². The van der Waals surface area contributed by atoms with Gasteiger partial charge in [-0.1, -0.05) is 6.92 Å². The summed E-state index contributed by atoms with van der Waals surface area (Å²) >= 11 is 0. The minimum atomic E-state index is 0.214. The lowest BCUT2D eigenvalue weighted by Gasteiger charge is -2.24. The van der Waals surface area contributed by atoms with E-state index in [2.05, 4.69) is 30.0 Å². The summed E-state index contributed by atoms with van der Waals surface area (Å²) in [5.74, 6) is 0.214. The summed E-state index contributed by atoms with van der Waals surface area (Å²) in [6.45, 7) is 3.81. The first-order chi connectivity index (χ1) is 10.1. The molecular formula is C17H25N3O. The van der Waals surface area contributed by atoms with Crippen molar-refractivity contribution in [2.45, 2.75) is 26.2 Å². The highest BCUT2D eigenvalue weighted by Gasteiger charge is 2.15. The Labute approximate surface area is 126 Å². The molecule has 4 nitrogen and oxygen atoms in total. The van der Waals surface area contributed by atoms with E-state index in [4.69, 9.17) is 0 Å². The molecule has 114 valence electrons. The maximum atomic E-state index is 12.4. The molecule has 0 radical (unpaired) electrons. The van der Waals surface area contributed by atoms with Crippen molar-refractivity contribution in [2.24, 2.45) is 0 Å². The molecule has 21 heavy (non-hydrogen) atoms. The van der Waals surface area contributed by atoms with E-state index in [0.29, 0.717) is 6.42 Å². The minimum absolute atomic E-state index is 0.214. The Morgan fingerprint density at radius 1 is 1.19 bits per heavy atom. The second-order valence-electron chi connectivity index (χ2n) is 5.70. The van der Waals surface area contributed by atoms with Crippen molar-refractivity contribution in [3.05, 3.63) is 30.5 Å². The number of H-pyrrole nitrogens is 1. The van der Waals surface area contributed by atoms with Crippen molar-refractivity contribution in [3.63, 3.8) is 0 Å². The molecule has 0 atom stereocenters. The molecule has 0 bridgehead atoms. The molecule has 2 rings (SSSR count). The molecule has 0 spiro atoms. The Morgan fingerprint density at radius 2 is 2.00 bits per heavy atom. The minimum Gasteiger partial charge on any atom is -0.361 e. The van der Waals surface area contributed by atoms with E-state index in [0.717, 1.165) is 42.5 Å². The fraction of sp³-hybridized carbons (Fsp3) is 0.471. The Bertz CT molecular complexity index is 588. The second kappa shape index (κ2) is 7.27. The molecule has 1 heterocycles. The fourth-order valence-corrected chi connectivity index (χ4v) is 2.50. The predicted molar refractivity (Wildman–Crippen MR) is 88.7 cm³/mol. The van der Waals surface area contributed by atoms with Crippen LogP contribution >= 0.6 is 0 Å². The fourth-order valence-electron chi connectivity index (χ4n) is 2.50. The van der Waals surface area contributed by atoms with E-state index in [1.807, 2.05) is 36.2 Å². The van der Waals surface area contributed by atoms with Crippen LogP contribution in [-0.4, -0.2) is 43.0 Å². The van der Waals surface area contributed by atoms with Gasteiger partial charge in [0.2, 0.25) is 5.91 Å². The third kappa shape index (κ3) is 4.08. The highest BCUT2D eigenvalue weighted by atomic mass is 16.2. The van der Waals surface area contributed by atoms with Crippen LogP contribution in [0.25, 0.3) is 10.9 Å². The molecule has 1 aromatic carbocycles. The third-order valence-electron chi connectivity index (χ3n) is 3.60. The van der Waals surface area contributed by atoms with E-state index in [1.54, 1.807) is 0 Å². The first kappa shape index (κ1) is 15.6. The number of nitrogens with zero attached hydrogens (tertiary/aromatic N) is 2. The van der Waals surface area contributed by atoms with Crippen LogP contribution in [0.1, 0.15) is 26.2 Å². The maximum Gasteiger partial charge on any atom is 0.226 e. The highest BCUT2D eigenvalue weighted by molar-refractivity contribution is 5.95. The lowest BCUT2D eigenvalue weighted by molar-refractivity contribution is -0.118. The number of nitrogens with one attached hydrogen (secondary N) is 1. The van der Waals surface area contributed by atoms with E-state index in [9.17, 15) is 4.79 Å². The molecule has 0 aliphatic heterocycles. The van der Waals surface area contributed by atoms with Gasteiger partial charge in [0.05, 0.1) is 0 Å². The molecule has 0 saturated carbocycles. The van der Waals surface area contributed by atoms with Crippen LogP contribution in [0, 0.1) is 0 Å². The van der Waals surface area contributed by atoms with Crippen molar-refractivity contribution in [2.75, 3.05) is 32.1 Å². The van der Waals surface area contributed by atoms with E-state index in [1.165, 1.54) is 0 Å². The molecule has 0 fully saturated rings. The van der Waals surface area contributed by atoms with Crippen molar-refractivity contribution in [1.29, 1.82) is 0 Å². The second-order valence-corrected chi connectivity index (χ2v) is 5.70. The average Bonchev–Trinajstić information content (AvgIpc) is 2.90. The normalized spacial score (nSPS) is 11.2. The first-order valence-electron chi connectivity index (χ1n) is 7.64. The smallest absolute Gasteiger partial charge is 0.226 e. The summed E-state index contributed by atoms with van der Waals surface area (Å²) in [6.07, 6.45) is 4.40. The van der Waals surface area contributed by atoms with Crippen LogP contribution in [0.4, 0.5) is 5.69 Å². The molecule has 4 heteroatoms. The monoisotopic (exact) mass is 287 g/mol. The zero-order valence-corrected chi connectivity index (χ0v) is 13.2. The Kier molecular flexibility index (Phi) is 5.39. The maximum absolute atomic E-state index is 12.4. The number of benzene rings is 1. The number of fused-ring (bicyclic) bond motifs is 1. The number of aromatic nitrogens is 1. The topological polar surface area (TPSA) is 39.3 Å². The number of carbonyl (C=O) groups excluding carboxylic acids is 1. The van der Waals surface area contributed by atoms with Crippen molar-refractivity contribution >= 4 is 22.5 Å². The summed E-state index contributed by atoms with van der Waals surface area (Å²) in [6, 6.07) is 8.21. The Morgan fingerprint density at radius 3 is 2.71 bits per heavy atom. The number of carbonyl (C=O) groups is 1. The van der Waals surface area contributed by atoms with E-state index in [-0.39, 0.29) is 5.91 Å². The van der Waals surface area contributed by atoms with Crippen molar-refractivity contribution < 1.29 is 4.79 Å². The van der Waals surface area contributed by atoms with Crippen molar-refractivity contribution in [1.82, 2.24) is 9.88 Å². The number of amides is 1. The molecule has 0 aliphatic carbocycles. The number of aromatic amines is 1. The molecule has 0 aliphatic rings. The molecule has 1 N–H and O–H groups in total. The molecular weight excluding hydrogens is 262 g/mol. The summed E-state index contributed by atoms with van der Waals surface area (Å²) in [5.41, 5.74) is 2.11. The number of rotatable bonds is 7. The largest absolute Gasteiger partial charge is 0.361 e. The van der Waals surface area contributed by atoms with Crippen LogP contribution in [-0.2, 0) is 4.79 Å². The number of anilines is 1. The van der Waals surface area contributed by atoms with Gasteiger partial charge in [0.15, 0.2) is 0 Å². The van der Waals surface area contributed by atoms with Crippen LogP contribution in [0.2, 0.25) is 0 Å². The van der Waals surface area contributed by atoms with Gasteiger partial charge >= 0.3 is 0 Å². The lowest BCUT2D eigenvalue weighted by atomic mass is 10.2. The quantitative estimate of drug-likeness (QED) is 0.849. The van der Waals surface area contributed by atoms with E-state index >= 15 is 0 Å². The lowest BCUT2D eigenvalue weighted by Crippen LogP contribution is -2.33. The standard InChI is InChI=1S/C17H25N3O/c1-4-6-17(21)20(12-5-11-19(2)3)15-7-8-16-14(13-15)9-10-18-16/h7-10,13,18H,4-6,11-12H2,1-3H3. The van der Waals surface area contributed by atoms with Gasteiger partial charge in [0.25, 0.3) is 0 Å². The highest BCUT2D eigenvalue weighted by Crippen LogP contribution is 2.22. The van der Waals surface area contributed by atoms with Gasteiger partial charge in [-0.05, 0) is 57.7 Å². The van der Waals surface area contributed by atoms with Gasteiger partial charge in [0.1, 0.15) is 0 Å². The third-order valence-corrected chi connectivity index (χ3v) is 3.60. The van der Waals surface area contributed by atoms with Crippen LogP contribution in [0.5, 0.6) is 0 Å². The Balaban J connectivity index is 2.17. The molecule has 1 aromatic heterocycles. The summed E-state index contributed by atoms with van der Waals surface area (Å²) in [5, 5.41) is 1.15. The van der Waals surface area contributed by atoms with Crippen molar-refractivity contribution in [3.8, 4) is 0 Å². The molecule has 1 amide bonds. The van der Waals surface area contributed by atoms with Crippen LogP contribution in [0.3, 0.4) is 0 Å². The zero-order chi connectivity index (χ0) is 15.2. The summed E-state index contributed by atoms with van der Waals surface area (Å²) in [7, 11) is 4.12.